The van der Waals surface area contributed by atoms with Gasteiger partial charge in [-0.1, -0.05) is 24.4 Å². The molecule has 0 amide bonds. The predicted octanol–water partition coefficient (Wildman–Crippen LogP) is 2.01. The number of piperazine rings is 1. The van der Waals surface area contributed by atoms with Crippen LogP contribution in [0.1, 0.15) is 13.3 Å². The Morgan fingerprint density at radius 2 is 1.95 bits per heavy atom. The van der Waals surface area contributed by atoms with Gasteiger partial charge in [0.2, 0.25) is 0 Å². The summed E-state index contributed by atoms with van der Waals surface area (Å²) in [6, 6.07) is 7.31. The molecular formula is C14H20FN3S. The molecule has 2 N–H and O–H groups in total. The molecule has 1 unspecified atom stereocenters. The summed E-state index contributed by atoms with van der Waals surface area (Å²) in [5, 5.41) is 0. The molecule has 0 bridgehead atoms. The van der Waals surface area contributed by atoms with Gasteiger partial charge in [0, 0.05) is 38.6 Å². The van der Waals surface area contributed by atoms with Gasteiger partial charge in [-0.25, -0.2) is 4.39 Å². The van der Waals surface area contributed by atoms with Crippen molar-refractivity contribution in [2.75, 3.05) is 31.1 Å². The van der Waals surface area contributed by atoms with Crippen LogP contribution in [0.3, 0.4) is 0 Å². The van der Waals surface area contributed by atoms with Crippen LogP contribution >= 0.6 is 12.2 Å². The minimum Gasteiger partial charge on any atom is -0.393 e. The van der Waals surface area contributed by atoms with E-state index in [-0.39, 0.29) is 5.82 Å². The Morgan fingerprint density at radius 1 is 1.32 bits per heavy atom. The van der Waals surface area contributed by atoms with Gasteiger partial charge in [-0.15, -0.1) is 0 Å². The number of benzene rings is 1. The molecule has 0 radical (unpaired) electrons. The molecule has 0 spiro atoms. The zero-order chi connectivity index (χ0) is 13.8. The van der Waals surface area contributed by atoms with Gasteiger partial charge in [-0.05, 0) is 19.1 Å². The Morgan fingerprint density at radius 3 is 2.53 bits per heavy atom. The van der Waals surface area contributed by atoms with Crippen molar-refractivity contribution in [3.63, 3.8) is 0 Å². The summed E-state index contributed by atoms with van der Waals surface area (Å²) >= 11 is 4.95. The molecule has 1 fully saturated rings. The van der Waals surface area contributed by atoms with Crippen molar-refractivity contribution in [1.29, 1.82) is 0 Å². The van der Waals surface area contributed by atoms with E-state index in [2.05, 4.69) is 16.7 Å². The maximum atomic E-state index is 13.7. The number of hydrogen-bond acceptors (Lipinski definition) is 3. The summed E-state index contributed by atoms with van der Waals surface area (Å²) in [5.41, 5.74) is 6.28. The summed E-state index contributed by atoms with van der Waals surface area (Å²) < 4.78 is 13.7. The van der Waals surface area contributed by atoms with Crippen molar-refractivity contribution >= 4 is 22.9 Å². The predicted molar refractivity (Wildman–Crippen MR) is 81.1 cm³/mol. The monoisotopic (exact) mass is 281 g/mol. The maximum absolute atomic E-state index is 13.7. The summed E-state index contributed by atoms with van der Waals surface area (Å²) in [6.45, 7) is 5.64. The largest absolute Gasteiger partial charge is 0.393 e. The highest BCUT2D eigenvalue weighted by Gasteiger charge is 2.22. The Balaban J connectivity index is 1.92. The molecule has 1 aliphatic rings. The normalized spacial score (nSPS) is 18.3. The van der Waals surface area contributed by atoms with Gasteiger partial charge < -0.3 is 10.6 Å². The van der Waals surface area contributed by atoms with Crippen LogP contribution in [0, 0.1) is 5.82 Å². The number of nitrogens with zero attached hydrogens (tertiary/aromatic N) is 2. The average Bonchev–Trinajstić information content (AvgIpc) is 2.39. The van der Waals surface area contributed by atoms with Crippen molar-refractivity contribution < 1.29 is 4.39 Å². The number of para-hydroxylation sites is 1. The zero-order valence-electron chi connectivity index (χ0n) is 11.2. The van der Waals surface area contributed by atoms with E-state index in [0.717, 1.165) is 32.6 Å². The van der Waals surface area contributed by atoms with Crippen LogP contribution < -0.4 is 10.6 Å². The number of anilines is 1. The highest BCUT2D eigenvalue weighted by atomic mass is 32.1. The molecule has 5 heteroatoms. The molecule has 1 heterocycles. The third-order valence-corrected chi connectivity index (χ3v) is 3.79. The molecule has 0 saturated carbocycles. The van der Waals surface area contributed by atoms with Gasteiger partial charge in [0.25, 0.3) is 0 Å². The molecule has 2 rings (SSSR count). The molecule has 3 nitrogen and oxygen atoms in total. The average molecular weight is 281 g/mol. The van der Waals surface area contributed by atoms with E-state index in [1.165, 1.54) is 6.07 Å². The highest BCUT2D eigenvalue weighted by molar-refractivity contribution is 7.80. The molecule has 1 saturated heterocycles. The Hall–Kier alpha value is -1.20. The van der Waals surface area contributed by atoms with Crippen LogP contribution in [-0.2, 0) is 0 Å². The summed E-state index contributed by atoms with van der Waals surface area (Å²) in [5.74, 6) is -0.146. The van der Waals surface area contributed by atoms with Crippen molar-refractivity contribution in [3.8, 4) is 0 Å². The van der Waals surface area contributed by atoms with Crippen LogP contribution in [-0.4, -0.2) is 42.1 Å². The topological polar surface area (TPSA) is 32.5 Å². The minimum absolute atomic E-state index is 0.146. The molecule has 0 aliphatic carbocycles. The number of halogens is 1. The van der Waals surface area contributed by atoms with E-state index < -0.39 is 0 Å². The van der Waals surface area contributed by atoms with Crippen molar-refractivity contribution in [1.82, 2.24) is 4.90 Å². The van der Waals surface area contributed by atoms with Gasteiger partial charge in [0.15, 0.2) is 0 Å². The first-order valence-corrected chi connectivity index (χ1v) is 7.00. The lowest BCUT2D eigenvalue weighted by atomic mass is 10.1. The quantitative estimate of drug-likeness (QED) is 0.856. The van der Waals surface area contributed by atoms with E-state index >= 15 is 0 Å². The summed E-state index contributed by atoms with van der Waals surface area (Å²) in [4.78, 5) is 5.01. The second kappa shape index (κ2) is 6.30. The standard InChI is InChI=1S/C14H20FN3S/c1-11(10-14(16)19)17-6-8-18(9-7-17)13-5-3-2-4-12(13)15/h2-5,11H,6-10H2,1H3,(H2,16,19). The van der Waals surface area contributed by atoms with Crippen molar-refractivity contribution in [2.24, 2.45) is 5.73 Å². The van der Waals surface area contributed by atoms with E-state index in [4.69, 9.17) is 18.0 Å². The molecule has 0 aromatic heterocycles. The van der Waals surface area contributed by atoms with Gasteiger partial charge in [-0.3, -0.25) is 4.90 Å². The summed E-state index contributed by atoms with van der Waals surface area (Å²) in [7, 11) is 0. The lowest BCUT2D eigenvalue weighted by Crippen LogP contribution is -2.50. The fourth-order valence-electron chi connectivity index (χ4n) is 2.53. The van der Waals surface area contributed by atoms with Crippen LogP contribution in [0.15, 0.2) is 24.3 Å². The second-order valence-electron chi connectivity index (χ2n) is 4.99. The van der Waals surface area contributed by atoms with E-state index in [9.17, 15) is 4.39 Å². The Labute approximate surface area is 119 Å². The minimum atomic E-state index is -0.146. The van der Waals surface area contributed by atoms with Gasteiger partial charge in [0.05, 0.1) is 10.7 Å². The number of rotatable bonds is 4. The third kappa shape index (κ3) is 3.64. The fourth-order valence-corrected chi connectivity index (χ4v) is 2.77. The lowest BCUT2D eigenvalue weighted by Gasteiger charge is -2.39. The van der Waals surface area contributed by atoms with E-state index in [1.807, 2.05) is 12.1 Å². The van der Waals surface area contributed by atoms with Crippen LogP contribution in [0.5, 0.6) is 0 Å². The molecule has 1 aromatic carbocycles. The SMILES string of the molecule is CC(CC(N)=S)N1CCN(c2ccccc2F)CC1. The smallest absolute Gasteiger partial charge is 0.146 e. The summed E-state index contributed by atoms with van der Waals surface area (Å²) in [6.07, 6.45) is 0.745. The number of hydrogen-bond donors (Lipinski definition) is 1. The molecule has 1 atom stereocenters. The molecule has 1 aliphatic heterocycles. The molecule has 104 valence electrons. The zero-order valence-corrected chi connectivity index (χ0v) is 12.0. The van der Waals surface area contributed by atoms with E-state index in [1.54, 1.807) is 6.07 Å². The van der Waals surface area contributed by atoms with Gasteiger partial charge in [-0.2, -0.15) is 0 Å². The van der Waals surface area contributed by atoms with Gasteiger partial charge in [0.1, 0.15) is 5.82 Å². The second-order valence-corrected chi connectivity index (χ2v) is 5.52. The molecule has 1 aromatic rings. The molecular weight excluding hydrogens is 261 g/mol. The molecule has 19 heavy (non-hydrogen) atoms. The van der Waals surface area contributed by atoms with Crippen molar-refractivity contribution in [2.45, 2.75) is 19.4 Å². The van der Waals surface area contributed by atoms with Gasteiger partial charge >= 0.3 is 0 Å². The van der Waals surface area contributed by atoms with E-state index in [0.29, 0.717) is 16.7 Å². The number of thiocarbonyl (C=S) groups is 1. The first-order chi connectivity index (χ1) is 9.08. The Bertz CT molecular complexity index is 444. The lowest BCUT2D eigenvalue weighted by molar-refractivity contribution is 0.201. The van der Waals surface area contributed by atoms with Crippen LogP contribution in [0.4, 0.5) is 10.1 Å². The number of nitrogens with two attached hydrogens (primary N) is 1. The first-order valence-electron chi connectivity index (χ1n) is 6.60. The van der Waals surface area contributed by atoms with Crippen molar-refractivity contribution in [3.05, 3.63) is 30.1 Å². The first kappa shape index (κ1) is 14.2. The highest BCUT2D eigenvalue weighted by Crippen LogP contribution is 2.21. The van der Waals surface area contributed by atoms with Crippen LogP contribution in [0.25, 0.3) is 0 Å². The fraction of sp³-hybridized carbons (Fsp3) is 0.500. The maximum Gasteiger partial charge on any atom is 0.146 e. The Kier molecular flexibility index (Phi) is 4.71. The third-order valence-electron chi connectivity index (χ3n) is 3.63. The van der Waals surface area contributed by atoms with Crippen LogP contribution in [0.2, 0.25) is 0 Å².